The molecule has 2 atom stereocenters. The molecule has 4 bridgehead atoms. The summed E-state index contributed by atoms with van der Waals surface area (Å²) in [4.78, 5) is 0. The Morgan fingerprint density at radius 1 is 0.577 bits per heavy atom. The molecule has 4 aliphatic rings. The Hall–Kier alpha value is -1.21. The molecule has 0 radical (unpaired) electrons. The molecule has 0 fully saturated rings. The van der Waals surface area contributed by atoms with Crippen LogP contribution in [0.3, 0.4) is 0 Å². The SMILES string of the molecule is C[Si](C)(C)OC1Cc2ccc(cc2)C(O[Si](C)(C)C)Cc2ccc1cc2. The van der Waals surface area contributed by atoms with E-state index in [2.05, 4.69) is 87.8 Å². The molecule has 0 spiro atoms. The number of hydrogen-bond donors (Lipinski definition) is 0. The Morgan fingerprint density at radius 2 is 0.885 bits per heavy atom. The minimum Gasteiger partial charge on any atom is -0.410 e. The minimum atomic E-state index is -1.62. The van der Waals surface area contributed by atoms with Crippen LogP contribution in [0.25, 0.3) is 0 Å². The molecule has 0 saturated heterocycles. The zero-order chi connectivity index (χ0) is 18.9. The molecular formula is C22H32O2Si2. The van der Waals surface area contributed by atoms with Gasteiger partial charge in [0.25, 0.3) is 0 Å². The van der Waals surface area contributed by atoms with Crippen molar-refractivity contribution in [3.05, 3.63) is 70.8 Å². The van der Waals surface area contributed by atoms with Gasteiger partial charge in [0.2, 0.25) is 0 Å². The van der Waals surface area contributed by atoms with Crippen molar-refractivity contribution < 1.29 is 8.85 Å². The standard InChI is InChI=1S/C22H32O2Si2/c1-25(2,3)23-21-15-17-9-13-20(14-10-17)22(24-26(4,5)6)16-18-7-11-19(21)12-8-18/h7-14,21-22H,15-16H2,1-6H3. The second-order valence-electron chi connectivity index (χ2n) is 9.33. The fourth-order valence-electron chi connectivity index (χ4n) is 3.47. The van der Waals surface area contributed by atoms with Gasteiger partial charge in [-0.2, -0.15) is 0 Å². The van der Waals surface area contributed by atoms with Gasteiger partial charge >= 0.3 is 0 Å². The maximum atomic E-state index is 6.52. The van der Waals surface area contributed by atoms with Gasteiger partial charge in [0.05, 0.1) is 12.2 Å². The van der Waals surface area contributed by atoms with E-state index in [0.717, 1.165) is 12.8 Å². The summed E-state index contributed by atoms with van der Waals surface area (Å²) in [6, 6.07) is 18.0. The molecule has 6 rings (SSSR count). The Labute approximate surface area is 160 Å². The van der Waals surface area contributed by atoms with Gasteiger partial charge in [0.1, 0.15) is 0 Å². The monoisotopic (exact) mass is 384 g/mol. The van der Waals surface area contributed by atoms with Crippen LogP contribution in [-0.4, -0.2) is 16.6 Å². The molecule has 0 amide bonds. The van der Waals surface area contributed by atoms with Crippen molar-refractivity contribution in [1.82, 2.24) is 0 Å². The molecule has 2 aromatic rings. The molecule has 0 aromatic heterocycles. The van der Waals surface area contributed by atoms with Crippen molar-refractivity contribution in [2.75, 3.05) is 0 Å². The second-order valence-corrected chi connectivity index (χ2v) is 18.3. The van der Waals surface area contributed by atoms with E-state index in [0.29, 0.717) is 0 Å². The normalized spacial score (nSPS) is 20.7. The van der Waals surface area contributed by atoms with Gasteiger partial charge in [0, 0.05) is 12.8 Å². The summed E-state index contributed by atoms with van der Waals surface area (Å²) in [5.41, 5.74) is 5.22. The Kier molecular flexibility index (Phi) is 5.59. The van der Waals surface area contributed by atoms with E-state index in [1.54, 1.807) is 0 Å². The first kappa shape index (κ1) is 19.6. The Bertz CT molecular complexity index is 659. The van der Waals surface area contributed by atoms with Crippen molar-refractivity contribution in [3.63, 3.8) is 0 Å². The lowest BCUT2D eigenvalue weighted by Gasteiger charge is -2.29. The van der Waals surface area contributed by atoms with Crippen LogP contribution >= 0.6 is 0 Å². The molecule has 0 N–H and O–H groups in total. The average Bonchev–Trinajstić information content (AvgIpc) is 2.51. The number of hydrogen-bond acceptors (Lipinski definition) is 2. The fourth-order valence-corrected chi connectivity index (χ4v) is 5.62. The number of rotatable bonds is 4. The van der Waals surface area contributed by atoms with Crippen molar-refractivity contribution in [2.45, 2.75) is 64.3 Å². The fraction of sp³-hybridized carbons (Fsp3) is 0.455. The number of benzene rings is 2. The van der Waals surface area contributed by atoms with E-state index in [1.807, 2.05) is 0 Å². The van der Waals surface area contributed by atoms with Crippen LogP contribution in [0, 0.1) is 0 Å². The van der Waals surface area contributed by atoms with Crippen LogP contribution in [-0.2, 0) is 21.7 Å². The third-order valence-corrected chi connectivity index (χ3v) is 6.52. The summed E-state index contributed by atoms with van der Waals surface area (Å²) in [5, 5.41) is 0. The lowest BCUT2D eigenvalue weighted by molar-refractivity contribution is 0.195. The largest absolute Gasteiger partial charge is 0.410 e. The van der Waals surface area contributed by atoms with Crippen molar-refractivity contribution in [2.24, 2.45) is 0 Å². The molecule has 2 unspecified atom stereocenters. The first-order valence-electron chi connectivity index (χ1n) is 9.62. The minimum absolute atomic E-state index is 0.134. The highest BCUT2D eigenvalue weighted by Gasteiger charge is 2.26. The predicted octanol–water partition coefficient (Wildman–Crippen LogP) is 6.27. The highest BCUT2D eigenvalue weighted by atomic mass is 28.4. The van der Waals surface area contributed by atoms with Gasteiger partial charge in [-0.3, -0.25) is 0 Å². The summed E-state index contributed by atoms with van der Waals surface area (Å²) in [7, 11) is -3.24. The lowest BCUT2D eigenvalue weighted by atomic mass is 9.94. The van der Waals surface area contributed by atoms with Crippen LogP contribution in [0.5, 0.6) is 0 Å². The van der Waals surface area contributed by atoms with Gasteiger partial charge in [0.15, 0.2) is 16.6 Å². The molecule has 0 aliphatic heterocycles. The van der Waals surface area contributed by atoms with E-state index in [9.17, 15) is 0 Å². The van der Waals surface area contributed by atoms with Gasteiger partial charge in [-0.15, -0.1) is 0 Å². The maximum absolute atomic E-state index is 6.52. The van der Waals surface area contributed by atoms with Gasteiger partial charge in [-0.25, -0.2) is 0 Å². The average molecular weight is 385 g/mol. The molecule has 2 aromatic carbocycles. The summed E-state index contributed by atoms with van der Waals surface area (Å²) < 4.78 is 13.0. The first-order valence-corrected chi connectivity index (χ1v) is 16.4. The zero-order valence-electron chi connectivity index (χ0n) is 17.0. The molecule has 4 aliphatic carbocycles. The first-order chi connectivity index (χ1) is 12.1. The van der Waals surface area contributed by atoms with Gasteiger partial charge < -0.3 is 8.85 Å². The second kappa shape index (κ2) is 7.43. The third-order valence-electron chi connectivity index (χ3n) is 4.54. The zero-order valence-corrected chi connectivity index (χ0v) is 19.0. The molecule has 2 nitrogen and oxygen atoms in total. The smallest absolute Gasteiger partial charge is 0.184 e. The van der Waals surface area contributed by atoms with E-state index in [4.69, 9.17) is 8.85 Å². The van der Waals surface area contributed by atoms with E-state index in [1.165, 1.54) is 22.3 Å². The summed E-state index contributed by atoms with van der Waals surface area (Å²) in [5.74, 6) is 0. The van der Waals surface area contributed by atoms with Crippen LogP contribution < -0.4 is 0 Å². The predicted molar refractivity (Wildman–Crippen MR) is 115 cm³/mol. The molecule has 26 heavy (non-hydrogen) atoms. The summed E-state index contributed by atoms with van der Waals surface area (Å²) in [6.07, 6.45) is 2.11. The van der Waals surface area contributed by atoms with E-state index < -0.39 is 16.6 Å². The van der Waals surface area contributed by atoms with Crippen LogP contribution in [0.15, 0.2) is 48.5 Å². The quantitative estimate of drug-likeness (QED) is 0.578. The topological polar surface area (TPSA) is 18.5 Å². The van der Waals surface area contributed by atoms with E-state index >= 15 is 0 Å². The molecule has 4 heteroatoms. The van der Waals surface area contributed by atoms with Crippen molar-refractivity contribution in [3.8, 4) is 0 Å². The van der Waals surface area contributed by atoms with Gasteiger partial charge in [-0.1, -0.05) is 48.5 Å². The molecule has 140 valence electrons. The molecule has 0 heterocycles. The molecule has 0 saturated carbocycles. The third kappa shape index (κ3) is 5.40. The van der Waals surface area contributed by atoms with Crippen molar-refractivity contribution in [1.29, 1.82) is 0 Å². The van der Waals surface area contributed by atoms with Crippen molar-refractivity contribution >= 4 is 16.6 Å². The highest BCUT2D eigenvalue weighted by Crippen LogP contribution is 2.31. The van der Waals surface area contributed by atoms with E-state index in [-0.39, 0.29) is 12.2 Å². The van der Waals surface area contributed by atoms with Crippen LogP contribution in [0.4, 0.5) is 0 Å². The lowest BCUT2D eigenvalue weighted by Crippen LogP contribution is -2.29. The molecular weight excluding hydrogens is 352 g/mol. The van der Waals surface area contributed by atoms with Crippen LogP contribution in [0.2, 0.25) is 39.3 Å². The van der Waals surface area contributed by atoms with Crippen LogP contribution in [0.1, 0.15) is 34.5 Å². The Morgan fingerprint density at radius 3 is 1.15 bits per heavy atom. The van der Waals surface area contributed by atoms with Gasteiger partial charge in [-0.05, 0) is 61.5 Å². The summed E-state index contributed by atoms with van der Waals surface area (Å²) in [6.45, 7) is 13.6. The maximum Gasteiger partial charge on any atom is 0.184 e. The highest BCUT2D eigenvalue weighted by molar-refractivity contribution is 6.70. The summed E-state index contributed by atoms with van der Waals surface area (Å²) >= 11 is 0. The Balaban J connectivity index is 1.98.